The molecule has 0 aromatic heterocycles. The Morgan fingerprint density at radius 2 is 1.74 bits per heavy atom. The molecule has 0 unspecified atom stereocenters. The Hall–Kier alpha value is -2.29. The van der Waals surface area contributed by atoms with E-state index in [0.29, 0.717) is 22.3 Å². The Morgan fingerprint density at radius 3 is 2.32 bits per heavy atom. The van der Waals surface area contributed by atoms with Gasteiger partial charge in [0.1, 0.15) is 11.5 Å². The molecule has 0 bridgehead atoms. The summed E-state index contributed by atoms with van der Waals surface area (Å²) in [7, 11) is 0. The van der Waals surface area contributed by atoms with Gasteiger partial charge in [-0.3, -0.25) is 0 Å². The molecule has 0 radical (unpaired) electrons. The summed E-state index contributed by atoms with van der Waals surface area (Å²) in [6.07, 6.45) is 0. The van der Waals surface area contributed by atoms with Gasteiger partial charge in [0.2, 0.25) is 0 Å². The Balaban J connectivity index is 2.72. The average Bonchev–Trinajstić information content (AvgIpc) is 2.40. The molecule has 0 fully saturated rings. The van der Waals surface area contributed by atoms with Crippen LogP contribution in [-0.4, -0.2) is 11.1 Å². The summed E-state index contributed by atoms with van der Waals surface area (Å²) in [6.45, 7) is 8.80. The molecule has 0 spiro atoms. The number of hydrogen-bond acceptors (Lipinski definition) is 3. The zero-order valence-electron chi connectivity index (χ0n) is 11.3. The van der Waals surface area contributed by atoms with Crippen molar-refractivity contribution in [1.29, 1.82) is 0 Å². The maximum absolute atomic E-state index is 11.7. The number of hydrogen-bond donors (Lipinski definition) is 1. The lowest BCUT2D eigenvalue weighted by atomic mass is 9.99. The first-order chi connectivity index (χ1) is 8.93. The number of carbonyl (C=O) groups excluding carboxylic acids is 1. The zero-order valence-corrected chi connectivity index (χ0v) is 11.3. The Labute approximate surface area is 112 Å². The van der Waals surface area contributed by atoms with Crippen molar-refractivity contribution in [2.45, 2.75) is 20.8 Å². The van der Waals surface area contributed by atoms with E-state index in [4.69, 9.17) is 4.74 Å². The quantitative estimate of drug-likeness (QED) is 0.507. The molecule has 2 aromatic rings. The Morgan fingerprint density at radius 1 is 1.16 bits per heavy atom. The molecule has 0 atom stereocenters. The molecule has 2 rings (SSSR count). The number of rotatable bonds is 2. The first-order valence-corrected chi connectivity index (χ1v) is 6.02. The minimum atomic E-state index is -0.460. The summed E-state index contributed by atoms with van der Waals surface area (Å²) >= 11 is 0. The second-order valence-corrected chi connectivity index (χ2v) is 4.64. The van der Waals surface area contributed by atoms with Gasteiger partial charge in [-0.1, -0.05) is 30.8 Å². The summed E-state index contributed by atoms with van der Waals surface area (Å²) in [5.41, 5.74) is 1.81. The van der Waals surface area contributed by atoms with Crippen LogP contribution in [0.2, 0.25) is 0 Å². The number of aromatic hydroxyl groups is 1. The highest BCUT2D eigenvalue weighted by Crippen LogP contribution is 2.39. The maximum atomic E-state index is 11.7. The highest BCUT2D eigenvalue weighted by atomic mass is 16.5. The largest absolute Gasteiger partial charge is 0.507 e. The summed E-state index contributed by atoms with van der Waals surface area (Å²) in [5, 5.41) is 11.5. The van der Waals surface area contributed by atoms with Crippen LogP contribution < -0.4 is 4.74 Å². The minimum absolute atomic E-state index is 0.225. The van der Waals surface area contributed by atoms with Crippen LogP contribution >= 0.6 is 0 Å². The molecule has 98 valence electrons. The molecule has 0 aliphatic heterocycles. The van der Waals surface area contributed by atoms with Crippen molar-refractivity contribution in [3.63, 3.8) is 0 Å². The average molecular weight is 256 g/mol. The predicted molar refractivity (Wildman–Crippen MR) is 75.5 cm³/mol. The number of phenolic OH excluding ortho intramolecular Hbond substituents is 1. The SMILES string of the molecule is C=C(C)C(=O)Oc1c(C)c(C)c(O)c2ccccc12. The molecule has 0 heterocycles. The summed E-state index contributed by atoms with van der Waals surface area (Å²) in [5.74, 6) is 0.250. The lowest BCUT2D eigenvalue weighted by molar-refractivity contribution is -0.130. The van der Waals surface area contributed by atoms with Crippen LogP contribution in [0.3, 0.4) is 0 Å². The number of ether oxygens (including phenoxy) is 1. The van der Waals surface area contributed by atoms with E-state index in [2.05, 4.69) is 6.58 Å². The van der Waals surface area contributed by atoms with Crippen LogP contribution in [0.5, 0.6) is 11.5 Å². The van der Waals surface area contributed by atoms with Crippen LogP contribution in [0, 0.1) is 13.8 Å². The van der Waals surface area contributed by atoms with Crippen molar-refractivity contribution in [3.8, 4) is 11.5 Å². The van der Waals surface area contributed by atoms with E-state index >= 15 is 0 Å². The third-order valence-corrected chi connectivity index (χ3v) is 3.23. The molecule has 0 aliphatic carbocycles. The van der Waals surface area contributed by atoms with Crippen LogP contribution in [0.25, 0.3) is 10.8 Å². The molecule has 3 heteroatoms. The van der Waals surface area contributed by atoms with E-state index in [1.54, 1.807) is 19.9 Å². The number of esters is 1. The molecule has 19 heavy (non-hydrogen) atoms. The number of phenols is 1. The zero-order chi connectivity index (χ0) is 14.2. The van der Waals surface area contributed by atoms with Crippen molar-refractivity contribution in [2.75, 3.05) is 0 Å². The standard InChI is InChI=1S/C16H16O3/c1-9(2)16(18)19-15-11(4)10(3)14(17)12-7-5-6-8-13(12)15/h5-8,17H,1H2,2-4H3. The first kappa shape index (κ1) is 13.1. The fourth-order valence-electron chi connectivity index (χ4n) is 1.95. The molecule has 1 N–H and O–H groups in total. The van der Waals surface area contributed by atoms with Crippen LogP contribution in [0.1, 0.15) is 18.1 Å². The number of benzene rings is 2. The van der Waals surface area contributed by atoms with Gasteiger partial charge in [-0.15, -0.1) is 0 Å². The monoisotopic (exact) mass is 256 g/mol. The smallest absolute Gasteiger partial charge is 0.338 e. The summed E-state index contributed by atoms with van der Waals surface area (Å²) < 4.78 is 5.41. The third-order valence-electron chi connectivity index (χ3n) is 3.23. The van der Waals surface area contributed by atoms with Crippen molar-refractivity contribution >= 4 is 16.7 Å². The molecule has 0 saturated carbocycles. The van der Waals surface area contributed by atoms with Crippen molar-refractivity contribution in [1.82, 2.24) is 0 Å². The molecule has 0 amide bonds. The van der Waals surface area contributed by atoms with E-state index in [1.807, 2.05) is 25.1 Å². The molecule has 0 aliphatic rings. The van der Waals surface area contributed by atoms with Gasteiger partial charge in [0.25, 0.3) is 0 Å². The maximum Gasteiger partial charge on any atom is 0.338 e. The molecular weight excluding hydrogens is 240 g/mol. The Bertz CT molecular complexity index is 684. The lowest BCUT2D eigenvalue weighted by Crippen LogP contribution is -2.10. The van der Waals surface area contributed by atoms with E-state index in [-0.39, 0.29) is 5.75 Å². The van der Waals surface area contributed by atoms with Gasteiger partial charge >= 0.3 is 5.97 Å². The fourth-order valence-corrected chi connectivity index (χ4v) is 1.95. The van der Waals surface area contributed by atoms with Gasteiger partial charge in [0, 0.05) is 16.3 Å². The number of carbonyl (C=O) groups is 1. The summed E-state index contributed by atoms with van der Waals surface area (Å²) in [6, 6.07) is 7.30. The first-order valence-electron chi connectivity index (χ1n) is 6.02. The van der Waals surface area contributed by atoms with Crippen LogP contribution in [0.15, 0.2) is 36.4 Å². The molecule has 2 aromatic carbocycles. The van der Waals surface area contributed by atoms with Gasteiger partial charge in [-0.2, -0.15) is 0 Å². The van der Waals surface area contributed by atoms with E-state index in [0.717, 1.165) is 10.9 Å². The van der Waals surface area contributed by atoms with E-state index in [1.165, 1.54) is 0 Å². The minimum Gasteiger partial charge on any atom is -0.507 e. The Kier molecular flexibility index (Phi) is 3.30. The number of fused-ring (bicyclic) bond motifs is 1. The lowest BCUT2D eigenvalue weighted by Gasteiger charge is -2.15. The van der Waals surface area contributed by atoms with Gasteiger partial charge in [0.15, 0.2) is 0 Å². The highest BCUT2D eigenvalue weighted by Gasteiger charge is 2.17. The van der Waals surface area contributed by atoms with Crippen molar-refractivity contribution < 1.29 is 14.6 Å². The van der Waals surface area contributed by atoms with Crippen LogP contribution in [0.4, 0.5) is 0 Å². The van der Waals surface area contributed by atoms with Gasteiger partial charge in [-0.25, -0.2) is 4.79 Å². The normalized spacial score (nSPS) is 10.5. The van der Waals surface area contributed by atoms with Gasteiger partial charge < -0.3 is 9.84 Å². The second-order valence-electron chi connectivity index (χ2n) is 4.64. The molecule has 0 saturated heterocycles. The summed E-state index contributed by atoms with van der Waals surface area (Å²) in [4.78, 5) is 11.7. The van der Waals surface area contributed by atoms with Crippen LogP contribution in [-0.2, 0) is 4.79 Å². The van der Waals surface area contributed by atoms with E-state index < -0.39 is 5.97 Å². The highest BCUT2D eigenvalue weighted by molar-refractivity contribution is 5.98. The van der Waals surface area contributed by atoms with E-state index in [9.17, 15) is 9.90 Å². The second kappa shape index (κ2) is 4.76. The molecule has 3 nitrogen and oxygen atoms in total. The van der Waals surface area contributed by atoms with Crippen molar-refractivity contribution in [3.05, 3.63) is 47.5 Å². The predicted octanol–water partition coefficient (Wildman–Crippen LogP) is 3.64. The van der Waals surface area contributed by atoms with Gasteiger partial charge in [0.05, 0.1) is 0 Å². The molecular formula is C16H16O3. The fraction of sp³-hybridized carbons (Fsp3) is 0.188. The van der Waals surface area contributed by atoms with Crippen molar-refractivity contribution in [2.24, 2.45) is 0 Å². The topological polar surface area (TPSA) is 46.5 Å². The third kappa shape index (κ3) is 2.19. The van der Waals surface area contributed by atoms with Gasteiger partial charge in [-0.05, 0) is 31.9 Å².